The molecule has 6 heteroatoms. The van der Waals surface area contributed by atoms with Crippen molar-refractivity contribution >= 4 is 11.6 Å². The number of aromatic nitrogens is 4. The Balaban J connectivity index is 1.57. The highest BCUT2D eigenvalue weighted by atomic mass is 15.6. The van der Waals surface area contributed by atoms with E-state index < -0.39 is 0 Å². The van der Waals surface area contributed by atoms with Gasteiger partial charge < -0.3 is 10.2 Å². The van der Waals surface area contributed by atoms with Gasteiger partial charge in [-0.15, -0.1) is 5.10 Å². The SMILES string of the molecule is CCn1nnc(NCc2ccc(N3CCCC3)cc2)n1. The van der Waals surface area contributed by atoms with Gasteiger partial charge in [0.1, 0.15) is 0 Å². The molecular weight excluding hydrogens is 252 g/mol. The van der Waals surface area contributed by atoms with Crippen molar-refractivity contribution in [2.45, 2.75) is 32.9 Å². The highest BCUT2D eigenvalue weighted by Gasteiger charge is 2.11. The van der Waals surface area contributed by atoms with Gasteiger partial charge in [0.2, 0.25) is 0 Å². The number of nitrogens with zero attached hydrogens (tertiary/aromatic N) is 5. The van der Waals surface area contributed by atoms with Crippen LogP contribution in [0.15, 0.2) is 24.3 Å². The maximum absolute atomic E-state index is 4.20. The van der Waals surface area contributed by atoms with Crippen molar-refractivity contribution in [2.75, 3.05) is 23.3 Å². The predicted octanol–water partition coefficient (Wildman–Crippen LogP) is 1.91. The molecule has 6 nitrogen and oxygen atoms in total. The molecule has 0 saturated carbocycles. The van der Waals surface area contributed by atoms with Gasteiger partial charge in [0.25, 0.3) is 5.95 Å². The molecule has 106 valence electrons. The summed E-state index contributed by atoms with van der Waals surface area (Å²) in [6.07, 6.45) is 2.62. The van der Waals surface area contributed by atoms with Gasteiger partial charge in [0.05, 0.1) is 6.54 Å². The molecule has 0 spiro atoms. The summed E-state index contributed by atoms with van der Waals surface area (Å²) >= 11 is 0. The largest absolute Gasteiger partial charge is 0.372 e. The standard InChI is InChI=1S/C14H20N6/c1-2-20-17-14(16-18-20)15-11-12-5-7-13(8-6-12)19-9-3-4-10-19/h5-8H,2-4,9-11H2,1H3,(H,15,17). The van der Waals surface area contributed by atoms with Crippen LogP contribution >= 0.6 is 0 Å². The molecule has 1 saturated heterocycles. The molecule has 1 aliphatic heterocycles. The first-order chi connectivity index (χ1) is 9.85. The second kappa shape index (κ2) is 5.90. The van der Waals surface area contributed by atoms with E-state index in [4.69, 9.17) is 0 Å². The Bertz CT molecular complexity index is 541. The van der Waals surface area contributed by atoms with Crippen LogP contribution in [0.25, 0.3) is 0 Å². The van der Waals surface area contributed by atoms with Crippen molar-refractivity contribution < 1.29 is 0 Å². The maximum atomic E-state index is 4.20. The lowest BCUT2D eigenvalue weighted by Crippen LogP contribution is -2.17. The molecule has 0 atom stereocenters. The van der Waals surface area contributed by atoms with E-state index in [2.05, 4.69) is 49.9 Å². The lowest BCUT2D eigenvalue weighted by Gasteiger charge is -2.17. The fourth-order valence-corrected chi connectivity index (χ4v) is 2.43. The predicted molar refractivity (Wildman–Crippen MR) is 78.7 cm³/mol. The van der Waals surface area contributed by atoms with Crippen molar-refractivity contribution in [3.63, 3.8) is 0 Å². The third-order valence-corrected chi connectivity index (χ3v) is 3.59. The third-order valence-electron chi connectivity index (χ3n) is 3.59. The van der Waals surface area contributed by atoms with Crippen LogP contribution in [-0.4, -0.2) is 33.3 Å². The quantitative estimate of drug-likeness (QED) is 0.901. The van der Waals surface area contributed by atoms with Gasteiger partial charge in [-0.3, -0.25) is 0 Å². The molecule has 3 rings (SSSR count). The Hall–Kier alpha value is -2.11. The van der Waals surface area contributed by atoms with Crippen LogP contribution in [0.3, 0.4) is 0 Å². The van der Waals surface area contributed by atoms with Crippen molar-refractivity contribution in [3.05, 3.63) is 29.8 Å². The van der Waals surface area contributed by atoms with E-state index in [1.807, 2.05) is 6.92 Å². The van der Waals surface area contributed by atoms with E-state index in [1.54, 1.807) is 4.80 Å². The van der Waals surface area contributed by atoms with E-state index >= 15 is 0 Å². The molecule has 0 amide bonds. The molecule has 0 radical (unpaired) electrons. The van der Waals surface area contributed by atoms with E-state index in [9.17, 15) is 0 Å². The first kappa shape index (κ1) is 12.9. The average Bonchev–Trinajstić information content (AvgIpc) is 3.17. The summed E-state index contributed by atoms with van der Waals surface area (Å²) in [6.45, 7) is 5.81. The first-order valence-electron chi connectivity index (χ1n) is 7.21. The fraction of sp³-hybridized carbons (Fsp3) is 0.500. The minimum atomic E-state index is 0.579. The number of hydrogen-bond donors (Lipinski definition) is 1. The lowest BCUT2D eigenvalue weighted by molar-refractivity contribution is 0.552. The number of rotatable bonds is 5. The molecule has 20 heavy (non-hydrogen) atoms. The van der Waals surface area contributed by atoms with Crippen LogP contribution in [0.4, 0.5) is 11.6 Å². The summed E-state index contributed by atoms with van der Waals surface area (Å²) in [7, 11) is 0. The first-order valence-corrected chi connectivity index (χ1v) is 7.21. The zero-order valence-electron chi connectivity index (χ0n) is 11.8. The Morgan fingerprint density at radius 2 is 1.90 bits per heavy atom. The normalized spacial score (nSPS) is 14.8. The van der Waals surface area contributed by atoms with Gasteiger partial charge >= 0.3 is 0 Å². The molecule has 2 aromatic rings. The smallest absolute Gasteiger partial charge is 0.263 e. The van der Waals surface area contributed by atoms with E-state index in [0.717, 1.165) is 13.1 Å². The zero-order chi connectivity index (χ0) is 13.8. The summed E-state index contributed by atoms with van der Waals surface area (Å²) < 4.78 is 0. The Morgan fingerprint density at radius 3 is 2.55 bits per heavy atom. The van der Waals surface area contributed by atoms with E-state index in [0.29, 0.717) is 5.95 Å². The van der Waals surface area contributed by atoms with Gasteiger partial charge in [-0.25, -0.2) is 0 Å². The third kappa shape index (κ3) is 2.89. The molecule has 0 aliphatic carbocycles. The van der Waals surface area contributed by atoms with Crippen LogP contribution in [0.2, 0.25) is 0 Å². The summed E-state index contributed by atoms with van der Waals surface area (Å²) in [4.78, 5) is 4.00. The minimum Gasteiger partial charge on any atom is -0.372 e. The van der Waals surface area contributed by atoms with Crippen LogP contribution in [0, 0.1) is 0 Å². The highest BCUT2D eigenvalue weighted by Crippen LogP contribution is 2.20. The molecule has 2 heterocycles. The van der Waals surface area contributed by atoms with Crippen LogP contribution in [0.5, 0.6) is 0 Å². The fourth-order valence-electron chi connectivity index (χ4n) is 2.43. The van der Waals surface area contributed by atoms with Crippen LogP contribution in [-0.2, 0) is 13.1 Å². The molecule has 0 unspecified atom stereocenters. The monoisotopic (exact) mass is 272 g/mol. The molecule has 0 bridgehead atoms. The van der Waals surface area contributed by atoms with Gasteiger partial charge in [-0.1, -0.05) is 17.2 Å². The second-order valence-electron chi connectivity index (χ2n) is 5.02. The summed E-state index contributed by atoms with van der Waals surface area (Å²) in [5.41, 5.74) is 2.54. The van der Waals surface area contributed by atoms with Crippen LogP contribution < -0.4 is 10.2 Å². The minimum absolute atomic E-state index is 0.579. The van der Waals surface area contributed by atoms with Crippen molar-refractivity contribution in [2.24, 2.45) is 0 Å². The second-order valence-corrected chi connectivity index (χ2v) is 5.02. The number of aryl methyl sites for hydroxylation is 1. The Morgan fingerprint density at radius 1 is 1.15 bits per heavy atom. The lowest BCUT2D eigenvalue weighted by atomic mass is 10.2. The van der Waals surface area contributed by atoms with Gasteiger partial charge in [0, 0.05) is 25.3 Å². The molecular formula is C14H20N6. The van der Waals surface area contributed by atoms with Gasteiger partial charge in [-0.2, -0.15) is 4.80 Å². The summed E-state index contributed by atoms with van der Waals surface area (Å²) in [5, 5.41) is 15.2. The average molecular weight is 272 g/mol. The highest BCUT2D eigenvalue weighted by molar-refractivity contribution is 5.48. The molecule has 1 aromatic heterocycles. The Labute approximate surface area is 118 Å². The number of anilines is 2. The maximum Gasteiger partial charge on any atom is 0.263 e. The van der Waals surface area contributed by atoms with Crippen molar-refractivity contribution in [3.8, 4) is 0 Å². The number of benzene rings is 1. The number of tetrazole rings is 1. The van der Waals surface area contributed by atoms with E-state index in [-0.39, 0.29) is 0 Å². The van der Waals surface area contributed by atoms with Gasteiger partial charge in [0.15, 0.2) is 0 Å². The molecule has 1 fully saturated rings. The van der Waals surface area contributed by atoms with E-state index in [1.165, 1.54) is 37.2 Å². The van der Waals surface area contributed by atoms with Crippen LogP contribution in [0.1, 0.15) is 25.3 Å². The Kier molecular flexibility index (Phi) is 3.80. The van der Waals surface area contributed by atoms with Crippen molar-refractivity contribution in [1.29, 1.82) is 0 Å². The molecule has 1 aliphatic rings. The topological polar surface area (TPSA) is 58.9 Å². The van der Waals surface area contributed by atoms with Gasteiger partial charge in [-0.05, 0) is 42.7 Å². The zero-order valence-corrected chi connectivity index (χ0v) is 11.8. The van der Waals surface area contributed by atoms with Crippen molar-refractivity contribution in [1.82, 2.24) is 20.2 Å². The molecule has 1 N–H and O–H groups in total. The number of nitrogens with one attached hydrogen (secondary N) is 1. The molecule has 1 aromatic carbocycles. The number of hydrogen-bond acceptors (Lipinski definition) is 5. The summed E-state index contributed by atoms with van der Waals surface area (Å²) in [5.74, 6) is 0.579. The summed E-state index contributed by atoms with van der Waals surface area (Å²) in [6, 6.07) is 8.70.